The zero-order valence-electron chi connectivity index (χ0n) is 10.8. The van der Waals surface area contributed by atoms with Crippen LogP contribution in [0.5, 0.6) is 0 Å². The molecule has 2 aromatic rings. The van der Waals surface area contributed by atoms with Gasteiger partial charge in [-0.2, -0.15) is 4.98 Å². The second-order valence-corrected chi connectivity index (χ2v) is 5.33. The van der Waals surface area contributed by atoms with Crippen molar-refractivity contribution in [3.8, 4) is 10.8 Å². The van der Waals surface area contributed by atoms with Gasteiger partial charge in [0.2, 0.25) is 0 Å². The third-order valence-electron chi connectivity index (χ3n) is 2.65. The number of hydrogen-bond acceptors (Lipinski definition) is 6. The number of thiophene rings is 1. The topological polar surface area (TPSA) is 74.2 Å². The van der Waals surface area contributed by atoms with Gasteiger partial charge in [0.1, 0.15) is 0 Å². The van der Waals surface area contributed by atoms with E-state index in [-0.39, 0.29) is 6.04 Å². The summed E-state index contributed by atoms with van der Waals surface area (Å²) in [5, 5.41) is 3.90. The molecule has 0 spiro atoms. The van der Waals surface area contributed by atoms with E-state index in [1.807, 2.05) is 13.0 Å². The highest BCUT2D eigenvalue weighted by molar-refractivity contribution is 7.15. The van der Waals surface area contributed by atoms with Gasteiger partial charge in [0.05, 0.1) is 17.5 Å². The molecule has 1 unspecified atom stereocenters. The summed E-state index contributed by atoms with van der Waals surface area (Å²) in [6.45, 7) is 7.08. The maximum absolute atomic E-state index is 5.90. The van der Waals surface area contributed by atoms with E-state index in [0.29, 0.717) is 24.9 Å². The van der Waals surface area contributed by atoms with Crippen molar-refractivity contribution in [3.63, 3.8) is 0 Å². The molecule has 98 valence electrons. The van der Waals surface area contributed by atoms with Gasteiger partial charge in [-0.15, -0.1) is 11.3 Å². The number of hydrogen-bond donors (Lipinski definition) is 1. The first kappa shape index (κ1) is 13.2. The highest BCUT2D eigenvalue weighted by Crippen LogP contribution is 2.29. The van der Waals surface area contributed by atoms with Crippen LogP contribution in [-0.4, -0.2) is 23.4 Å². The van der Waals surface area contributed by atoms with E-state index in [4.69, 9.17) is 15.0 Å². The van der Waals surface area contributed by atoms with Gasteiger partial charge in [0.15, 0.2) is 5.82 Å². The molecular weight excluding hydrogens is 250 g/mol. The second kappa shape index (κ2) is 5.60. The summed E-state index contributed by atoms with van der Waals surface area (Å²) in [5.74, 6) is 1.01. The second-order valence-electron chi connectivity index (χ2n) is 4.07. The van der Waals surface area contributed by atoms with Crippen molar-refractivity contribution < 1.29 is 9.26 Å². The molecule has 0 aliphatic heterocycles. The number of ether oxygens (including phenoxy) is 1. The minimum Gasteiger partial charge on any atom is -0.380 e. The van der Waals surface area contributed by atoms with Crippen LogP contribution in [0.2, 0.25) is 0 Å². The molecular formula is C12H17N3O2S. The summed E-state index contributed by atoms with van der Waals surface area (Å²) in [6.07, 6.45) is 0. The summed E-state index contributed by atoms with van der Waals surface area (Å²) < 4.78 is 10.5. The molecule has 0 bridgehead atoms. The molecule has 18 heavy (non-hydrogen) atoms. The molecule has 2 rings (SSSR count). The van der Waals surface area contributed by atoms with Gasteiger partial charge in [-0.25, -0.2) is 0 Å². The molecule has 0 radical (unpaired) electrons. The lowest BCUT2D eigenvalue weighted by molar-refractivity contribution is 0.130. The fourth-order valence-electron chi connectivity index (χ4n) is 1.48. The van der Waals surface area contributed by atoms with Crippen LogP contribution in [0.4, 0.5) is 0 Å². The lowest BCUT2D eigenvalue weighted by atomic mass is 10.3. The molecule has 0 aromatic carbocycles. The third kappa shape index (κ3) is 2.77. The van der Waals surface area contributed by atoms with Gasteiger partial charge >= 0.3 is 0 Å². The van der Waals surface area contributed by atoms with Crippen LogP contribution in [0.15, 0.2) is 10.6 Å². The molecule has 0 aliphatic carbocycles. The fraction of sp³-hybridized carbons (Fsp3) is 0.500. The summed E-state index contributed by atoms with van der Waals surface area (Å²) >= 11 is 1.64. The molecule has 2 aromatic heterocycles. The molecule has 2 heterocycles. The van der Waals surface area contributed by atoms with Crippen LogP contribution in [0.1, 0.15) is 29.2 Å². The Morgan fingerprint density at radius 3 is 2.89 bits per heavy atom. The van der Waals surface area contributed by atoms with Crippen molar-refractivity contribution in [2.75, 3.05) is 13.2 Å². The summed E-state index contributed by atoms with van der Waals surface area (Å²) in [7, 11) is 0. The SMILES string of the molecule is CCOCC(N)c1noc(-c2cc(C)c(C)s2)n1. The fourth-order valence-corrected chi connectivity index (χ4v) is 2.44. The molecule has 0 aliphatic rings. The Kier molecular flexibility index (Phi) is 4.11. The van der Waals surface area contributed by atoms with Crippen LogP contribution in [0.3, 0.4) is 0 Å². The number of aryl methyl sites for hydroxylation is 2. The molecule has 0 fully saturated rings. The monoisotopic (exact) mass is 267 g/mol. The Bertz CT molecular complexity index is 502. The van der Waals surface area contributed by atoms with Crippen molar-refractivity contribution in [3.05, 3.63) is 22.3 Å². The van der Waals surface area contributed by atoms with Crippen molar-refractivity contribution in [1.82, 2.24) is 10.1 Å². The summed E-state index contributed by atoms with van der Waals surface area (Å²) in [5.41, 5.74) is 7.13. The lowest BCUT2D eigenvalue weighted by Crippen LogP contribution is -2.18. The van der Waals surface area contributed by atoms with Crippen LogP contribution in [0.25, 0.3) is 10.8 Å². The van der Waals surface area contributed by atoms with Gasteiger partial charge in [-0.3, -0.25) is 0 Å². The predicted molar refractivity (Wildman–Crippen MR) is 70.5 cm³/mol. The third-order valence-corrected chi connectivity index (χ3v) is 3.79. The number of nitrogens with two attached hydrogens (primary N) is 1. The van der Waals surface area contributed by atoms with Crippen LogP contribution in [-0.2, 0) is 4.74 Å². The van der Waals surface area contributed by atoms with Crippen molar-refractivity contribution >= 4 is 11.3 Å². The van der Waals surface area contributed by atoms with Gasteiger partial charge in [0.25, 0.3) is 5.89 Å². The number of nitrogens with zero attached hydrogens (tertiary/aromatic N) is 2. The first-order chi connectivity index (χ1) is 8.61. The Balaban J connectivity index is 2.14. The minimum absolute atomic E-state index is 0.343. The zero-order valence-corrected chi connectivity index (χ0v) is 11.6. The van der Waals surface area contributed by atoms with Gasteiger partial charge in [-0.05, 0) is 32.4 Å². The van der Waals surface area contributed by atoms with Crippen molar-refractivity contribution in [1.29, 1.82) is 0 Å². The average molecular weight is 267 g/mol. The van der Waals surface area contributed by atoms with Gasteiger partial charge < -0.3 is 15.0 Å². The highest BCUT2D eigenvalue weighted by atomic mass is 32.1. The van der Waals surface area contributed by atoms with Gasteiger partial charge in [-0.1, -0.05) is 5.16 Å². The first-order valence-corrected chi connectivity index (χ1v) is 6.67. The summed E-state index contributed by atoms with van der Waals surface area (Å²) in [6, 6.07) is 1.70. The molecule has 2 N–H and O–H groups in total. The van der Waals surface area contributed by atoms with E-state index in [1.54, 1.807) is 11.3 Å². The Morgan fingerprint density at radius 1 is 1.50 bits per heavy atom. The lowest BCUT2D eigenvalue weighted by Gasteiger charge is -2.05. The quantitative estimate of drug-likeness (QED) is 0.900. The van der Waals surface area contributed by atoms with Crippen LogP contribution >= 0.6 is 11.3 Å². The molecule has 0 saturated carbocycles. The normalized spacial score (nSPS) is 12.9. The number of aromatic nitrogens is 2. The van der Waals surface area contributed by atoms with Crippen molar-refractivity contribution in [2.45, 2.75) is 26.8 Å². The Morgan fingerprint density at radius 2 is 2.28 bits per heavy atom. The van der Waals surface area contributed by atoms with E-state index in [9.17, 15) is 0 Å². The highest BCUT2D eigenvalue weighted by Gasteiger charge is 2.17. The van der Waals surface area contributed by atoms with E-state index < -0.39 is 0 Å². The van der Waals surface area contributed by atoms with E-state index in [1.165, 1.54) is 10.4 Å². The smallest absolute Gasteiger partial charge is 0.268 e. The Labute approximate surface area is 110 Å². The van der Waals surface area contributed by atoms with Crippen LogP contribution < -0.4 is 5.73 Å². The standard InChI is InChI=1S/C12H17N3O2S/c1-4-16-6-9(13)11-14-12(17-15-11)10-5-7(2)8(3)18-10/h5,9H,4,6,13H2,1-3H3. The Hall–Kier alpha value is -1.24. The van der Waals surface area contributed by atoms with E-state index in [0.717, 1.165) is 4.88 Å². The molecule has 0 amide bonds. The summed E-state index contributed by atoms with van der Waals surface area (Å²) in [4.78, 5) is 6.55. The van der Waals surface area contributed by atoms with Crippen LogP contribution in [0, 0.1) is 13.8 Å². The van der Waals surface area contributed by atoms with E-state index >= 15 is 0 Å². The zero-order chi connectivity index (χ0) is 13.1. The maximum Gasteiger partial charge on any atom is 0.268 e. The minimum atomic E-state index is -0.343. The van der Waals surface area contributed by atoms with Crippen molar-refractivity contribution in [2.24, 2.45) is 5.73 Å². The average Bonchev–Trinajstić information content (AvgIpc) is 2.94. The molecule has 1 atom stereocenters. The predicted octanol–water partition coefficient (Wildman–Crippen LogP) is 2.45. The maximum atomic E-state index is 5.90. The first-order valence-electron chi connectivity index (χ1n) is 5.86. The van der Waals surface area contributed by atoms with Gasteiger partial charge in [0, 0.05) is 11.5 Å². The molecule has 5 nitrogen and oxygen atoms in total. The largest absolute Gasteiger partial charge is 0.380 e. The molecule has 6 heteroatoms. The van der Waals surface area contributed by atoms with E-state index in [2.05, 4.69) is 24.0 Å². The molecule has 0 saturated heterocycles. The number of rotatable bonds is 5.